The van der Waals surface area contributed by atoms with E-state index in [2.05, 4.69) is 244 Å². The van der Waals surface area contributed by atoms with Crippen molar-refractivity contribution in [2.24, 2.45) is 0 Å². The number of hydrogen-bond acceptors (Lipinski definition) is 1. The molecule has 0 N–H and O–H groups in total. The molecule has 0 amide bonds. The van der Waals surface area contributed by atoms with Crippen LogP contribution in [-0.4, -0.2) is 24.5 Å². The van der Waals surface area contributed by atoms with E-state index in [-0.39, 0.29) is 0 Å². The summed E-state index contributed by atoms with van der Waals surface area (Å²) in [5.74, 6) is 0. The Hall–Kier alpha value is -6.86. The van der Waals surface area contributed by atoms with E-state index in [0.29, 0.717) is 0 Å². The van der Waals surface area contributed by atoms with Gasteiger partial charge in [-0.2, -0.15) is 0 Å². The molecule has 2 heterocycles. The molecule has 12 rings (SSSR count). The van der Waals surface area contributed by atoms with E-state index in [1.54, 1.807) is 0 Å². The third-order valence-corrected chi connectivity index (χ3v) is 19.5. The molecule has 0 bridgehead atoms. The van der Waals surface area contributed by atoms with E-state index in [9.17, 15) is 0 Å². The van der Waals surface area contributed by atoms with Crippen LogP contribution in [0.4, 0.5) is 0 Å². The molecule has 2 aromatic heterocycles. The number of fused-ring (bicyclic) bond motifs is 11. The Morgan fingerprint density at radius 2 is 0.902 bits per heavy atom. The molecule has 10 aromatic carbocycles. The van der Waals surface area contributed by atoms with E-state index in [0.717, 1.165) is 27.6 Å². The number of aromatic nitrogens is 2. The van der Waals surface area contributed by atoms with Crippen LogP contribution in [0.5, 0.6) is 0 Å². The number of hydrogen-bond donors (Lipinski definition) is 0. The van der Waals surface area contributed by atoms with Crippen molar-refractivity contribution in [1.29, 1.82) is 0 Å². The first-order chi connectivity index (χ1) is 30.1. The molecule has 0 aliphatic rings. The summed E-state index contributed by atoms with van der Waals surface area (Å²) in [7, 11) is 0. The molecule has 0 radical (unpaired) electrons. The van der Waals surface area contributed by atoms with E-state index < -0.39 is 5.51 Å². The van der Waals surface area contributed by atoms with Crippen LogP contribution in [0.1, 0.15) is 0 Å². The van der Waals surface area contributed by atoms with Crippen LogP contribution in [0.15, 0.2) is 224 Å². The minimum absolute atomic E-state index is 0.981. The number of pyridine rings is 1. The maximum absolute atomic E-state index is 5.33. The second kappa shape index (κ2) is 14.4. The molecule has 0 saturated carbocycles. The van der Waals surface area contributed by atoms with Crippen molar-refractivity contribution in [3.8, 4) is 33.4 Å². The molecular weight excluding hydrogens is 823 g/mol. The summed E-state index contributed by atoms with van der Waals surface area (Å²) in [4.78, 5) is 5.33. The van der Waals surface area contributed by atoms with Crippen molar-refractivity contribution >= 4 is 96.4 Å². The number of imidazole rings is 1. The van der Waals surface area contributed by atoms with Gasteiger partial charge in [0.2, 0.25) is 0 Å². The predicted octanol–water partition coefficient (Wildman–Crippen LogP) is 13.5. The normalized spacial score (nSPS) is 12.0. The van der Waals surface area contributed by atoms with Crippen molar-refractivity contribution in [1.82, 2.24) is 9.38 Å². The van der Waals surface area contributed by atoms with Crippen molar-refractivity contribution < 1.29 is 0 Å². The van der Waals surface area contributed by atoms with Crippen LogP contribution < -0.4 is 15.9 Å². The van der Waals surface area contributed by atoms with E-state index in [4.69, 9.17) is 4.98 Å². The molecule has 61 heavy (non-hydrogen) atoms. The summed E-state index contributed by atoms with van der Waals surface area (Å²) in [5, 5.41) is 12.6. The molecule has 0 atom stereocenters. The third-order valence-electron chi connectivity index (χ3n) is 12.5. The molecule has 286 valence electrons. The molecule has 0 fully saturated rings. The van der Waals surface area contributed by atoms with Gasteiger partial charge in [0.15, 0.2) is 0 Å². The SMILES string of the molecule is [Se]=P(c1ccccc1)(c1ccccc1)c1ccc(-c2ccc(-c3ccc4c(c3)c3c5ccccc5ccc3c3nc5ccc(-c6cccc7ccccc67)cc5n43)cc2)cc1. The molecule has 12 aromatic rings. The van der Waals surface area contributed by atoms with Crippen LogP contribution in [0.3, 0.4) is 0 Å². The summed E-state index contributed by atoms with van der Waals surface area (Å²) in [6.07, 6.45) is 0. The zero-order valence-electron chi connectivity index (χ0n) is 33.1. The molecule has 4 heteroatoms. The van der Waals surface area contributed by atoms with Gasteiger partial charge in [0, 0.05) is 10.8 Å². The van der Waals surface area contributed by atoms with Gasteiger partial charge in [-0.15, -0.1) is 0 Å². The second-order valence-electron chi connectivity index (χ2n) is 15.8. The zero-order chi connectivity index (χ0) is 40.5. The topological polar surface area (TPSA) is 17.3 Å². The molecular formula is C57H37N2PSe. The fraction of sp³-hybridized carbons (Fsp3) is 0. The molecule has 0 spiro atoms. The van der Waals surface area contributed by atoms with E-state index in [1.807, 2.05) is 0 Å². The van der Waals surface area contributed by atoms with Crippen molar-refractivity contribution in [3.05, 3.63) is 224 Å². The Kier molecular flexibility index (Phi) is 8.51. The van der Waals surface area contributed by atoms with Gasteiger partial charge in [-0.3, -0.25) is 4.40 Å². The average Bonchev–Trinajstić information content (AvgIpc) is 3.73. The van der Waals surface area contributed by atoms with Gasteiger partial charge in [0.05, 0.1) is 16.6 Å². The average molecular weight is 860 g/mol. The quantitative estimate of drug-likeness (QED) is 0.0925. The van der Waals surface area contributed by atoms with Gasteiger partial charge in [-0.1, -0.05) is 78.9 Å². The Balaban J connectivity index is 0.977. The molecule has 0 aliphatic heterocycles. The summed E-state index contributed by atoms with van der Waals surface area (Å²) in [5.41, 5.74) is 9.49. The molecule has 0 aliphatic carbocycles. The molecule has 0 saturated heterocycles. The minimum atomic E-state index is -1.92. The first-order valence-electron chi connectivity index (χ1n) is 20.7. The van der Waals surface area contributed by atoms with Crippen LogP contribution in [0, 0.1) is 0 Å². The van der Waals surface area contributed by atoms with Crippen LogP contribution in [0.2, 0.25) is 0 Å². The van der Waals surface area contributed by atoms with Crippen LogP contribution >= 0.6 is 5.51 Å². The Morgan fingerprint density at radius 3 is 1.61 bits per heavy atom. The zero-order valence-corrected chi connectivity index (χ0v) is 35.7. The summed E-state index contributed by atoms with van der Waals surface area (Å²) < 4.78 is 2.38. The second-order valence-corrected chi connectivity index (χ2v) is 22.1. The number of nitrogens with zero attached hydrogens (tertiary/aromatic N) is 2. The Morgan fingerprint density at radius 1 is 0.361 bits per heavy atom. The van der Waals surface area contributed by atoms with Gasteiger partial charge in [-0.05, 0) is 50.9 Å². The predicted molar refractivity (Wildman–Crippen MR) is 263 cm³/mol. The van der Waals surface area contributed by atoms with Gasteiger partial charge >= 0.3 is 192 Å². The van der Waals surface area contributed by atoms with Gasteiger partial charge < -0.3 is 0 Å². The van der Waals surface area contributed by atoms with Gasteiger partial charge in [-0.25, -0.2) is 4.98 Å². The first kappa shape index (κ1) is 36.0. The van der Waals surface area contributed by atoms with Crippen LogP contribution in [-0.2, 0) is 0 Å². The third kappa shape index (κ3) is 5.85. The standard InChI is InChI=1S/C57H37N2PSe/c61-60(45-15-3-1-4-16-45,46-17-5-2-6-18-46)47-31-26-39(27-32-47)38-22-24-40(25-23-38)43-30-35-54-52(36-43)56-50-20-10-8-13-42(50)28-33-51(56)57-58-53-34-29-44(37-55(53)59(54)57)49-21-11-14-41-12-7-9-19-48(41)49/h1-37H. The summed E-state index contributed by atoms with van der Waals surface area (Å²) in [6.45, 7) is 0. The van der Waals surface area contributed by atoms with Crippen molar-refractivity contribution in [2.75, 3.05) is 0 Å². The molecule has 2 nitrogen and oxygen atoms in total. The van der Waals surface area contributed by atoms with Crippen molar-refractivity contribution in [3.63, 3.8) is 0 Å². The number of rotatable bonds is 6. The van der Waals surface area contributed by atoms with Gasteiger partial charge in [0.25, 0.3) is 0 Å². The fourth-order valence-electron chi connectivity index (χ4n) is 9.45. The number of benzene rings is 10. The Bertz CT molecular complexity index is 3660. The monoisotopic (exact) mass is 860 g/mol. The fourth-order valence-corrected chi connectivity index (χ4v) is 14.4. The van der Waals surface area contributed by atoms with E-state index >= 15 is 0 Å². The van der Waals surface area contributed by atoms with Crippen LogP contribution in [0.25, 0.3) is 93.3 Å². The first-order valence-corrected chi connectivity index (χ1v) is 24.7. The molecule has 0 unspecified atom stereocenters. The van der Waals surface area contributed by atoms with E-state index in [1.165, 1.54) is 81.6 Å². The van der Waals surface area contributed by atoms with Gasteiger partial charge in [0.1, 0.15) is 5.65 Å². The Labute approximate surface area is 361 Å². The van der Waals surface area contributed by atoms with Crippen molar-refractivity contribution in [2.45, 2.75) is 0 Å². The summed E-state index contributed by atoms with van der Waals surface area (Å²) >= 11 is 3.70. The summed E-state index contributed by atoms with van der Waals surface area (Å²) in [6, 6.07) is 82.2. The maximum atomic E-state index is 5.33.